The summed E-state index contributed by atoms with van der Waals surface area (Å²) in [6, 6.07) is 14.8. The van der Waals surface area contributed by atoms with Crippen molar-refractivity contribution in [1.29, 1.82) is 0 Å². The molecule has 0 bridgehead atoms. The molecule has 7 heteroatoms. The highest BCUT2D eigenvalue weighted by Crippen LogP contribution is 2.47. The van der Waals surface area contributed by atoms with Crippen molar-refractivity contribution in [3.63, 3.8) is 0 Å². The second-order valence-corrected chi connectivity index (χ2v) is 9.99. The number of ether oxygens (including phenoxy) is 1. The minimum atomic E-state index is -1.19. The molecule has 1 unspecified atom stereocenters. The zero-order valence-corrected chi connectivity index (χ0v) is 19.4. The molecule has 0 saturated carbocycles. The van der Waals surface area contributed by atoms with Crippen molar-refractivity contribution in [3.8, 4) is 11.1 Å². The fourth-order valence-corrected chi connectivity index (χ4v) is 4.76. The van der Waals surface area contributed by atoms with Crippen LogP contribution in [0.25, 0.3) is 11.1 Å². The molecule has 1 saturated heterocycles. The summed E-state index contributed by atoms with van der Waals surface area (Å²) in [7, 11) is 0. The first-order valence-electron chi connectivity index (χ1n) is 11.2. The van der Waals surface area contributed by atoms with E-state index < -0.39 is 36.0 Å². The van der Waals surface area contributed by atoms with Gasteiger partial charge in [-0.15, -0.1) is 0 Å². The Bertz CT molecular complexity index is 1060. The standard InChI is InChI=1S/C26H30N2O5/c1-25(2)15-28(26(25,3)4)23(31)21(13-22(29)30)27-24(32)33-14-20-18-11-7-5-9-16(18)17-10-6-8-12-19(17)20/h5-12,20-21H,13-15H2,1-4H3,(H,27,32)(H,29,30). The first-order valence-corrected chi connectivity index (χ1v) is 11.2. The largest absolute Gasteiger partial charge is 0.481 e. The van der Waals surface area contributed by atoms with Crippen molar-refractivity contribution < 1.29 is 24.2 Å². The van der Waals surface area contributed by atoms with E-state index in [1.807, 2.05) is 62.4 Å². The summed E-state index contributed by atoms with van der Waals surface area (Å²) < 4.78 is 5.51. The number of benzene rings is 2. The van der Waals surface area contributed by atoms with Gasteiger partial charge < -0.3 is 20.1 Å². The zero-order chi connectivity index (χ0) is 24.0. The second kappa shape index (κ2) is 8.21. The number of carbonyl (C=O) groups excluding carboxylic acids is 2. The third-order valence-electron chi connectivity index (χ3n) is 7.46. The van der Waals surface area contributed by atoms with Gasteiger partial charge in [-0.05, 0) is 36.1 Å². The van der Waals surface area contributed by atoms with Crippen LogP contribution in [0, 0.1) is 5.41 Å². The van der Waals surface area contributed by atoms with Gasteiger partial charge in [-0.3, -0.25) is 9.59 Å². The minimum Gasteiger partial charge on any atom is -0.481 e. The van der Waals surface area contributed by atoms with Crippen LogP contribution in [-0.2, 0) is 14.3 Å². The molecule has 1 atom stereocenters. The number of aliphatic carboxylic acids is 1. The first kappa shape index (κ1) is 22.8. The summed E-state index contributed by atoms with van der Waals surface area (Å²) >= 11 is 0. The van der Waals surface area contributed by atoms with Gasteiger partial charge in [0.25, 0.3) is 0 Å². The fraction of sp³-hybridized carbons (Fsp3) is 0.423. The lowest BCUT2D eigenvalue weighted by Crippen LogP contribution is -2.73. The number of hydrogen-bond acceptors (Lipinski definition) is 4. The van der Waals surface area contributed by atoms with Gasteiger partial charge in [-0.2, -0.15) is 0 Å². The number of rotatable bonds is 6. The summed E-state index contributed by atoms with van der Waals surface area (Å²) in [5, 5.41) is 11.8. The number of carbonyl (C=O) groups is 3. The molecule has 1 aliphatic heterocycles. The molecule has 0 spiro atoms. The van der Waals surface area contributed by atoms with Crippen LogP contribution in [0.15, 0.2) is 48.5 Å². The third-order valence-corrected chi connectivity index (χ3v) is 7.46. The Labute approximate surface area is 193 Å². The Morgan fingerprint density at radius 2 is 1.58 bits per heavy atom. The van der Waals surface area contributed by atoms with Gasteiger partial charge in [0, 0.05) is 23.4 Å². The number of fused-ring (bicyclic) bond motifs is 3. The number of nitrogens with one attached hydrogen (secondary N) is 1. The predicted molar refractivity (Wildman–Crippen MR) is 124 cm³/mol. The lowest BCUT2D eigenvalue weighted by atomic mass is 9.65. The van der Waals surface area contributed by atoms with Crippen LogP contribution in [0.3, 0.4) is 0 Å². The Hall–Kier alpha value is -3.35. The van der Waals surface area contributed by atoms with Crippen LogP contribution in [0.4, 0.5) is 4.79 Å². The van der Waals surface area contributed by atoms with E-state index in [0.29, 0.717) is 6.54 Å². The second-order valence-electron chi connectivity index (χ2n) is 9.99. The number of likely N-dealkylation sites (tertiary alicyclic amines) is 1. The first-order chi connectivity index (χ1) is 15.5. The molecule has 2 N–H and O–H groups in total. The van der Waals surface area contributed by atoms with Crippen LogP contribution in [-0.4, -0.2) is 52.7 Å². The number of carboxylic acid groups (broad SMARTS) is 1. The summed E-state index contributed by atoms with van der Waals surface area (Å²) in [5.41, 5.74) is 3.85. The van der Waals surface area contributed by atoms with Crippen LogP contribution in [0.2, 0.25) is 0 Å². The molecule has 0 aromatic heterocycles. The van der Waals surface area contributed by atoms with Crippen molar-refractivity contribution in [2.24, 2.45) is 5.41 Å². The zero-order valence-electron chi connectivity index (χ0n) is 19.4. The number of hydrogen-bond donors (Lipinski definition) is 2. The Balaban J connectivity index is 1.45. The Morgan fingerprint density at radius 3 is 2.06 bits per heavy atom. The highest BCUT2D eigenvalue weighted by atomic mass is 16.5. The Kier molecular flexibility index (Phi) is 5.68. The van der Waals surface area contributed by atoms with Gasteiger partial charge >= 0.3 is 12.1 Å². The van der Waals surface area contributed by atoms with E-state index in [2.05, 4.69) is 19.2 Å². The highest BCUT2D eigenvalue weighted by molar-refractivity contribution is 5.90. The molecule has 33 heavy (non-hydrogen) atoms. The van der Waals surface area contributed by atoms with E-state index in [-0.39, 0.29) is 17.9 Å². The molecule has 7 nitrogen and oxygen atoms in total. The van der Waals surface area contributed by atoms with E-state index >= 15 is 0 Å². The smallest absolute Gasteiger partial charge is 0.407 e. The normalized spacial score (nSPS) is 18.5. The summed E-state index contributed by atoms with van der Waals surface area (Å²) in [6.45, 7) is 8.60. The maximum Gasteiger partial charge on any atom is 0.407 e. The predicted octanol–water partition coefficient (Wildman–Crippen LogP) is 4.02. The molecule has 174 valence electrons. The lowest BCUT2D eigenvalue weighted by molar-refractivity contribution is -0.170. The molecule has 1 heterocycles. The van der Waals surface area contributed by atoms with Crippen LogP contribution < -0.4 is 5.32 Å². The van der Waals surface area contributed by atoms with Gasteiger partial charge in [-0.1, -0.05) is 62.4 Å². The Morgan fingerprint density at radius 1 is 1.03 bits per heavy atom. The van der Waals surface area contributed by atoms with E-state index in [9.17, 15) is 19.5 Å². The van der Waals surface area contributed by atoms with Gasteiger partial charge in [0.05, 0.1) is 6.42 Å². The van der Waals surface area contributed by atoms with Crippen LogP contribution >= 0.6 is 0 Å². The third kappa shape index (κ3) is 3.96. The summed E-state index contributed by atoms with van der Waals surface area (Å²) in [6.07, 6.45) is -1.30. The number of nitrogens with zero attached hydrogens (tertiary/aromatic N) is 1. The van der Waals surface area contributed by atoms with Crippen LogP contribution in [0.5, 0.6) is 0 Å². The van der Waals surface area contributed by atoms with Crippen LogP contribution in [0.1, 0.15) is 51.2 Å². The SMILES string of the molecule is CC1(C)CN(C(=O)C(CC(=O)O)NC(=O)OCC2c3ccccc3-c3ccccc32)C1(C)C. The van der Waals surface area contributed by atoms with Gasteiger partial charge in [0.2, 0.25) is 5.91 Å². The number of amides is 2. The van der Waals surface area contributed by atoms with Crippen molar-refractivity contribution >= 4 is 18.0 Å². The molecular formula is C26H30N2O5. The highest BCUT2D eigenvalue weighted by Gasteiger charge is 2.55. The van der Waals surface area contributed by atoms with E-state index in [4.69, 9.17) is 4.74 Å². The fourth-order valence-electron chi connectivity index (χ4n) is 4.76. The quantitative estimate of drug-likeness (QED) is 0.693. The molecule has 2 aliphatic rings. The van der Waals surface area contributed by atoms with Crippen molar-refractivity contribution in [2.75, 3.05) is 13.2 Å². The molecule has 1 fully saturated rings. The molecule has 2 aromatic rings. The van der Waals surface area contributed by atoms with Gasteiger partial charge in [0.1, 0.15) is 12.6 Å². The molecule has 2 amide bonds. The molecular weight excluding hydrogens is 420 g/mol. The molecule has 4 rings (SSSR count). The summed E-state index contributed by atoms with van der Waals surface area (Å²) in [4.78, 5) is 38.7. The number of alkyl carbamates (subject to hydrolysis) is 1. The maximum absolute atomic E-state index is 13.1. The average molecular weight is 451 g/mol. The topological polar surface area (TPSA) is 95.9 Å². The van der Waals surface area contributed by atoms with E-state index in [0.717, 1.165) is 22.3 Å². The molecule has 1 aliphatic carbocycles. The van der Waals surface area contributed by atoms with E-state index in [1.165, 1.54) is 0 Å². The van der Waals surface area contributed by atoms with Crippen molar-refractivity contribution in [3.05, 3.63) is 59.7 Å². The van der Waals surface area contributed by atoms with E-state index in [1.54, 1.807) is 4.90 Å². The van der Waals surface area contributed by atoms with Gasteiger partial charge in [0.15, 0.2) is 0 Å². The molecule has 2 aromatic carbocycles. The summed E-state index contributed by atoms with van der Waals surface area (Å²) in [5.74, 6) is -1.69. The minimum absolute atomic E-state index is 0.0933. The van der Waals surface area contributed by atoms with Crippen molar-refractivity contribution in [2.45, 2.75) is 51.6 Å². The average Bonchev–Trinajstić information content (AvgIpc) is 3.08. The molecule has 0 radical (unpaired) electrons. The lowest BCUT2D eigenvalue weighted by Gasteiger charge is -2.61. The number of carboxylic acids is 1. The maximum atomic E-state index is 13.1. The van der Waals surface area contributed by atoms with Gasteiger partial charge in [-0.25, -0.2) is 4.79 Å². The van der Waals surface area contributed by atoms with Crippen molar-refractivity contribution in [1.82, 2.24) is 10.2 Å². The monoisotopic (exact) mass is 450 g/mol.